The molecule has 0 spiro atoms. The Balaban J connectivity index is 2.21. The Morgan fingerprint density at radius 1 is 1.33 bits per heavy atom. The van der Waals surface area contributed by atoms with Gasteiger partial charge in [0.2, 0.25) is 0 Å². The summed E-state index contributed by atoms with van der Waals surface area (Å²) in [4.78, 5) is 22.8. The molecule has 0 fully saturated rings. The molecule has 2 rings (SSSR count). The van der Waals surface area contributed by atoms with Gasteiger partial charge in [-0.05, 0) is 37.6 Å². The molecule has 112 valence electrons. The van der Waals surface area contributed by atoms with Crippen molar-refractivity contribution in [2.75, 3.05) is 18.4 Å². The molecule has 0 bridgehead atoms. The Hall–Kier alpha value is -2.34. The third-order valence-electron chi connectivity index (χ3n) is 2.92. The highest BCUT2D eigenvalue weighted by molar-refractivity contribution is 5.81. The van der Waals surface area contributed by atoms with Gasteiger partial charge in [-0.15, -0.1) is 0 Å². The molecule has 0 saturated carbocycles. The second-order valence-corrected chi connectivity index (χ2v) is 4.66. The predicted octanol–water partition coefficient (Wildman–Crippen LogP) is 1.87. The SMILES string of the molecule is CC(=O)Oc1ccc2cc(NCCCCN)c(=O)oc2c1. The van der Waals surface area contributed by atoms with E-state index in [0.717, 1.165) is 18.2 Å². The molecule has 0 unspecified atom stereocenters. The molecular weight excluding hydrogens is 272 g/mol. The smallest absolute Gasteiger partial charge is 0.359 e. The van der Waals surface area contributed by atoms with Crippen LogP contribution in [0.1, 0.15) is 19.8 Å². The first-order chi connectivity index (χ1) is 10.1. The molecule has 2 aromatic rings. The molecule has 1 heterocycles. The standard InChI is InChI=1S/C15H18N2O4/c1-10(18)20-12-5-4-11-8-13(17-7-3-2-6-16)15(19)21-14(11)9-12/h4-5,8-9,17H,2-3,6-7,16H2,1H3. The summed E-state index contributed by atoms with van der Waals surface area (Å²) in [7, 11) is 0. The molecule has 0 aliphatic carbocycles. The molecule has 0 aliphatic heterocycles. The van der Waals surface area contributed by atoms with Crippen molar-refractivity contribution < 1.29 is 13.9 Å². The number of fused-ring (bicyclic) bond motifs is 1. The van der Waals surface area contributed by atoms with Crippen molar-refractivity contribution in [2.45, 2.75) is 19.8 Å². The third kappa shape index (κ3) is 4.06. The molecule has 1 aromatic heterocycles. The number of unbranched alkanes of at least 4 members (excludes halogenated alkanes) is 1. The quantitative estimate of drug-likeness (QED) is 0.365. The molecule has 0 saturated heterocycles. The Labute approximate surface area is 121 Å². The van der Waals surface area contributed by atoms with E-state index in [9.17, 15) is 9.59 Å². The van der Waals surface area contributed by atoms with Gasteiger partial charge >= 0.3 is 11.6 Å². The fourth-order valence-corrected chi connectivity index (χ4v) is 1.94. The Morgan fingerprint density at radius 2 is 2.14 bits per heavy atom. The van der Waals surface area contributed by atoms with E-state index in [-0.39, 0.29) is 0 Å². The average Bonchev–Trinajstić information content (AvgIpc) is 2.43. The molecule has 6 heteroatoms. The molecule has 0 amide bonds. The first-order valence-electron chi connectivity index (χ1n) is 6.80. The number of nitrogens with two attached hydrogens (primary N) is 1. The predicted molar refractivity (Wildman–Crippen MR) is 80.6 cm³/mol. The maximum Gasteiger partial charge on any atom is 0.359 e. The minimum absolute atomic E-state index is 0.349. The van der Waals surface area contributed by atoms with Crippen LogP contribution in [0.3, 0.4) is 0 Å². The lowest BCUT2D eigenvalue weighted by atomic mass is 10.2. The van der Waals surface area contributed by atoms with E-state index in [1.807, 2.05) is 0 Å². The van der Waals surface area contributed by atoms with Crippen molar-refractivity contribution in [3.8, 4) is 5.75 Å². The molecule has 0 atom stereocenters. The molecular formula is C15H18N2O4. The first-order valence-corrected chi connectivity index (χ1v) is 6.80. The van der Waals surface area contributed by atoms with E-state index >= 15 is 0 Å². The second kappa shape index (κ2) is 6.90. The van der Waals surface area contributed by atoms with E-state index in [0.29, 0.717) is 30.1 Å². The third-order valence-corrected chi connectivity index (χ3v) is 2.92. The summed E-state index contributed by atoms with van der Waals surface area (Å²) >= 11 is 0. The normalized spacial score (nSPS) is 10.6. The lowest BCUT2D eigenvalue weighted by molar-refractivity contribution is -0.131. The summed E-state index contributed by atoms with van der Waals surface area (Å²) in [5, 5.41) is 3.80. The van der Waals surface area contributed by atoms with Crippen LogP contribution in [0.2, 0.25) is 0 Å². The van der Waals surface area contributed by atoms with Gasteiger partial charge in [-0.3, -0.25) is 4.79 Å². The van der Waals surface area contributed by atoms with Crippen molar-refractivity contribution >= 4 is 22.6 Å². The number of esters is 1. The van der Waals surface area contributed by atoms with Crippen LogP contribution >= 0.6 is 0 Å². The van der Waals surface area contributed by atoms with Crippen LogP contribution in [0.4, 0.5) is 5.69 Å². The van der Waals surface area contributed by atoms with Crippen LogP contribution < -0.4 is 21.4 Å². The van der Waals surface area contributed by atoms with Gasteiger partial charge in [0.1, 0.15) is 17.0 Å². The molecule has 0 radical (unpaired) electrons. The highest BCUT2D eigenvalue weighted by Crippen LogP contribution is 2.21. The van der Waals surface area contributed by atoms with Crippen LogP contribution in [0.15, 0.2) is 33.5 Å². The average molecular weight is 290 g/mol. The van der Waals surface area contributed by atoms with Gasteiger partial charge in [-0.25, -0.2) is 4.79 Å². The zero-order valence-electron chi connectivity index (χ0n) is 11.8. The van der Waals surface area contributed by atoms with Gasteiger partial charge in [0, 0.05) is 24.9 Å². The van der Waals surface area contributed by atoms with Crippen LogP contribution in [-0.2, 0) is 4.79 Å². The van der Waals surface area contributed by atoms with Gasteiger partial charge in [0.15, 0.2) is 0 Å². The van der Waals surface area contributed by atoms with Gasteiger partial charge in [0.05, 0.1) is 0 Å². The minimum Gasteiger partial charge on any atom is -0.427 e. The van der Waals surface area contributed by atoms with Gasteiger partial charge in [-0.1, -0.05) is 0 Å². The monoisotopic (exact) mass is 290 g/mol. The van der Waals surface area contributed by atoms with Crippen molar-refractivity contribution in [1.82, 2.24) is 0 Å². The highest BCUT2D eigenvalue weighted by Gasteiger charge is 2.07. The van der Waals surface area contributed by atoms with Crippen LogP contribution in [0.5, 0.6) is 5.75 Å². The van der Waals surface area contributed by atoms with E-state index < -0.39 is 11.6 Å². The van der Waals surface area contributed by atoms with Crippen LogP contribution in [0.25, 0.3) is 11.0 Å². The number of carbonyl (C=O) groups excluding carboxylic acids is 1. The molecule has 21 heavy (non-hydrogen) atoms. The summed E-state index contributed by atoms with van der Waals surface area (Å²) < 4.78 is 10.2. The molecule has 0 aliphatic rings. The second-order valence-electron chi connectivity index (χ2n) is 4.66. The van der Waals surface area contributed by atoms with Crippen LogP contribution in [-0.4, -0.2) is 19.1 Å². The minimum atomic E-state index is -0.449. The van der Waals surface area contributed by atoms with E-state index in [1.54, 1.807) is 18.2 Å². The van der Waals surface area contributed by atoms with Crippen molar-refractivity contribution in [2.24, 2.45) is 5.73 Å². The Bertz CT molecular complexity index is 694. The van der Waals surface area contributed by atoms with E-state index in [2.05, 4.69) is 5.32 Å². The largest absolute Gasteiger partial charge is 0.427 e. The number of hydrogen-bond acceptors (Lipinski definition) is 6. The van der Waals surface area contributed by atoms with Crippen molar-refractivity contribution in [1.29, 1.82) is 0 Å². The summed E-state index contributed by atoms with van der Waals surface area (Å²) in [5.74, 6) is -0.0725. The number of ether oxygens (including phenoxy) is 1. The number of rotatable bonds is 6. The maximum atomic E-state index is 11.9. The summed E-state index contributed by atoms with van der Waals surface area (Å²) in [6, 6.07) is 6.64. The Kier molecular flexibility index (Phi) is 4.94. The van der Waals surface area contributed by atoms with E-state index in [1.165, 1.54) is 13.0 Å². The summed E-state index contributed by atoms with van der Waals surface area (Å²) in [6.45, 7) is 2.61. The van der Waals surface area contributed by atoms with Crippen LogP contribution in [0, 0.1) is 0 Å². The molecule has 3 N–H and O–H groups in total. The Morgan fingerprint density at radius 3 is 2.86 bits per heavy atom. The summed E-state index contributed by atoms with van der Waals surface area (Å²) in [5.41, 5.74) is 5.77. The fourth-order valence-electron chi connectivity index (χ4n) is 1.94. The number of anilines is 1. The lowest BCUT2D eigenvalue weighted by Gasteiger charge is -2.06. The lowest BCUT2D eigenvalue weighted by Crippen LogP contribution is -2.12. The van der Waals surface area contributed by atoms with Crippen molar-refractivity contribution in [3.63, 3.8) is 0 Å². The zero-order valence-corrected chi connectivity index (χ0v) is 11.8. The number of carbonyl (C=O) groups is 1. The van der Waals surface area contributed by atoms with Gasteiger partial charge < -0.3 is 20.2 Å². The van der Waals surface area contributed by atoms with E-state index in [4.69, 9.17) is 14.9 Å². The zero-order chi connectivity index (χ0) is 15.2. The fraction of sp³-hybridized carbons (Fsp3) is 0.333. The summed E-state index contributed by atoms with van der Waals surface area (Å²) in [6.07, 6.45) is 1.79. The number of hydrogen-bond donors (Lipinski definition) is 2. The molecule has 6 nitrogen and oxygen atoms in total. The molecule has 1 aromatic carbocycles. The topological polar surface area (TPSA) is 94.6 Å². The van der Waals surface area contributed by atoms with Crippen molar-refractivity contribution in [3.05, 3.63) is 34.7 Å². The number of nitrogens with one attached hydrogen (secondary N) is 1. The highest BCUT2D eigenvalue weighted by atomic mass is 16.5. The first kappa shape index (κ1) is 15.1. The number of benzene rings is 1. The van der Waals surface area contributed by atoms with Gasteiger partial charge in [0.25, 0.3) is 0 Å². The maximum absolute atomic E-state index is 11.9. The van der Waals surface area contributed by atoms with Gasteiger partial charge in [-0.2, -0.15) is 0 Å².